The van der Waals surface area contributed by atoms with Crippen molar-refractivity contribution >= 4 is 5.69 Å². The van der Waals surface area contributed by atoms with Crippen LogP contribution in [0.5, 0.6) is 5.75 Å². The number of halogens is 4. The van der Waals surface area contributed by atoms with E-state index in [1.54, 1.807) is 11.0 Å². The van der Waals surface area contributed by atoms with Crippen molar-refractivity contribution in [3.63, 3.8) is 0 Å². The van der Waals surface area contributed by atoms with Crippen molar-refractivity contribution in [3.8, 4) is 28.6 Å². The van der Waals surface area contributed by atoms with Gasteiger partial charge in [0.05, 0.1) is 12.7 Å². The maximum absolute atomic E-state index is 13.7. The summed E-state index contributed by atoms with van der Waals surface area (Å²) in [6.45, 7) is 1.19. The second-order valence-corrected chi connectivity index (χ2v) is 7.05. The van der Waals surface area contributed by atoms with Crippen LogP contribution in [0.25, 0.3) is 22.8 Å². The minimum Gasteiger partial charge on any atom is -0.494 e. The van der Waals surface area contributed by atoms with Crippen LogP contribution < -0.4 is 9.64 Å². The predicted molar refractivity (Wildman–Crippen MR) is 103 cm³/mol. The van der Waals surface area contributed by atoms with Gasteiger partial charge in [-0.1, -0.05) is 5.16 Å². The van der Waals surface area contributed by atoms with Gasteiger partial charge in [-0.05, 0) is 55.7 Å². The Morgan fingerprint density at radius 3 is 2.43 bits per heavy atom. The highest BCUT2D eigenvalue weighted by molar-refractivity contribution is 5.67. The number of benzene rings is 2. The first-order valence-electron chi connectivity index (χ1n) is 9.51. The molecule has 0 spiro atoms. The topological polar surface area (TPSA) is 51.4 Å². The molecular formula is C21H19F4N3O2. The highest BCUT2D eigenvalue weighted by atomic mass is 19.4. The number of hydrogen-bond acceptors (Lipinski definition) is 5. The quantitative estimate of drug-likeness (QED) is 0.516. The molecule has 1 aliphatic heterocycles. The first kappa shape index (κ1) is 20.2. The summed E-state index contributed by atoms with van der Waals surface area (Å²) in [5.41, 5.74) is 0.0132. The molecule has 1 fully saturated rings. The fraction of sp³-hybridized carbons (Fsp3) is 0.333. The molecule has 3 aromatic rings. The Balaban J connectivity index is 1.69. The number of alkyl halides is 3. The third kappa shape index (κ3) is 3.96. The summed E-state index contributed by atoms with van der Waals surface area (Å²) in [4.78, 5) is 5.95. The molecule has 30 heavy (non-hydrogen) atoms. The molecule has 4 rings (SSSR count). The summed E-state index contributed by atoms with van der Waals surface area (Å²) >= 11 is 0. The summed E-state index contributed by atoms with van der Waals surface area (Å²) in [6, 6.07) is 8.06. The molecule has 5 nitrogen and oxygen atoms in total. The van der Waals surface area contributed by atoms with Gasteiger partial charge in [-0.3, -0.25) is 0 Å². The highest BCUT2D eigenvalue weighted by Crippen LogP contribution is 2.40. The van der Waals surface area contributed by atoms with Gasteiger partial charge >= 0.3 is 6.18 Å². The van der Waals surface area contributed by atoms with Crippen LogP contribution in [-0.4, -0.2) is 30.3 Å². The van der Waals surface area contributed by atoms with E-state index in [0.29, 0.717) is 18.7 Å². The lowest BCUT2D eigenvalue weighted by Crippen LogP contribution is -2.31. The molecule has 1 aromatic heterocycles. The van der Waals surface area contributed by atoms with Crippen molar-refractivity contribution in [2.24, 2.45) is 0 Å². The zero-order valence-electron chi connectivity index (χ0n) is 16.2. The normalized spacial score (nSPS) is 14.8. The summed E-state index contributed by atoms with van der Waals surface area (Å²) in [7, 11) is 1.33. The van der Waals surface area contributed by atoms with Crippen LogP contribution in [0, 0.1) is 5.82 Å². The number of rotatable bonds is 4. The molecular weight excluding hydrogens is 402 g/mol. The van der Waals surface area contributed by atoms with Crippen molar-refractivity contribution in [2.45, 2.75) is 25.4 Å². The van der Waals surface area contributed by atoms with E-state index in [2.05, 4.69) is 10.1 Å². The van der Waals surface area contributed by atoms with Gasteiger partial charge in [-0.25, -0.2) is 4.39 Å². The first-order valence-corrected chi connectivity index (χ1v) is 9.51. The van der Waals surface area contributed by atoms with E-state index in [1.807, 2.05) is 0 Å². The van der Waals surface area contributed by atoms with Crippen molar-refractivity contribution < 1.29 is 26.8 Å². The Bertz CT molecular complexity index is 1040. The van der Waals surface area contributed by atoms with Crippen LogP contribution in [0.2, 0.25) is 0 Å². The maximum atomic E-state index is 13.7. The number of hydrogen-bond donors (Lipinski definition) is 0. The Morgan fingerprint density at radius 1 is 1.00 bits per heavy atom. The second-order valence-electron chi connectivity index (χ2n) is 7.05. The number of methoxy groups -OCH3 is 1. The van der Waals surface area contributed by atoms with E-state index in [9.17, 15) is 17.6 Å². The lowest BCUT2D eigenvalue weighted by molar-refractivity contribution is -0.137. The van der Waals surface area contributed by atoms with Crippen LogP contribution >= 0.6 is 0 Å². The Labute approximate surface area is 170 Å². The number of aromatic nitrogens is 2. The van der Waals surface area contributed by atoms with Crippen molar-refractivity contribution in [3.05, 3.63) is 47.8 Å². The fourth-order valence-electron chi connectivity index (χ4n) is 3.56. The van der Waals surface area contributed by atoms with Gasteiger partial charge in [0, 0.05) is 29.9 Å². The lowest BCUT2D eigenvalue weighted by atomic mass is 10.0. The molecule has 0 bridgehead atoms. The molecule has 0 amide bonds. The molecule has 0 aliphatic carbocycles. The van der Waals surface area contributed by atoms with Gasteiger partial charge in [0.25, 0.3) is 5.89 Å². The van der Waals surface area contributed by atoms with Gasteiger partial charge in [0.2, 0.25) is 5.82 Å². The highest BCUT2D eigenvalue weighted by Gasteiger charge is 2.36. The third-order valence-corrected chi connectivity index (χ3v) is 5.08. The number of ether oxygens (including phenoxy) is 1. The van der Waals surface area contributed by atoms with E-state index < -0.39 is 17.6 Å². The van der Waals surface area contributed by atoms with Gasteiger partial charge < -0.3 is 14.2 Å². The van der Waals surface area contributed by atoms with E-state index in [1.165, 1.54) is 31.4 Å². The number of anilines is 1. The molecule has 2 aromatic carbocycles. The van der Waals surface area contributed by atoms with Gasteiger partial charge in [-0.2, -0.15) is 18.2 Å². The molecule has 0 unspecified atom stereocenters. The van der Waals surface area contributed by atoms with E-state index in [0.717, 1.165) is 25.3 Å². The average molecular weight is 421 g/mol. The van der Waals surface area contributed by atoms with Crippen LogP contribution in [-0.2, 0) is 6.18 Å². The summed E-state index contributed by atoms with van der Waals surface area (Å²) in [6.07, 6.45) is -1.76. The number of piperidine rings is 1. The first-order chi connectivity index (χ1) is 14.4. The monoisotopic (exact) mass is 421 g/mol. The molecule has 158 valence electrons. The SMILES string of the molecule is COc1cc(-c2noc(-c3ccc(N4CCCCC4)c(C(F)(F)F)c3)n2)ccc1F. The standard InChI is InChI=1S/C21H19F4N3O2/c1-29-18-12-13(5-7-16(18)22)19-26-20(30-27-19)14-6-8-17(15(11-14)21(23,24)25)28-9-3-2-4-10-28/h5-8,11-12H,2-4,9-10H2,1H3. The lowest BCUT2D eigenvalue weighted by Gasteiger charge is -2.31. The van der Waals surface area contributed by atoms with Gasteiger partial charge in [-0.15, -0.1) is 0 Å². The molecule has 9 heteroatoms. The van der Waals surface area contributed by atoms with Crippen LogP contribution in [0.1, 0.15) is 24.8 Å². The summed E-state index contributed by atoms with van der Waals surface area (Å²) < 4.78 is 65.0. The molecule has 0 N–H and O–H groups in total. The zero-order valence-corrected chi connectivity index (χ0v) is 16.2. The average Bonchev–Trinajstić information content (AvgIpc) is 3.24. The van der Waals surface area contributed by atoms with Crippen LogP contribution in [0.3, 0.4) is 0 Å². The Morgan fingerprint density at radius 2 is 1.73 bits per heavy atom. The molecule has 2 heterocycles. The smallest absolute Gasteiger partial charge is 0.418 e. The zero-order chi connectivity index (χ0) is 21.3. The van der Waals surface area contributed by atoms with Crippen molar-refractivity contribution in [1.82, 2.24) is 10.1 Å². The molecule has 0 saturated carbocycles. The number of nitrogens with zero attached hydrogens (tertiary/aromatic N) is 3. The summed E-state index contributed by atoms with van der Waals surface area (Å²) in [5, 5.41) is 3.82. The fourth-order valence-corrected chi connectivity index (χ4v) is 3.56. The van der Waals surface area contributed by atoms with E-state index in [-0.39, 0.29) is 28.7 Å². The Kier molecular flexibility index (Phi) is 5.36. The molecule has 0 atom stereocenters. The van der Waals surface area contributed by atoms with E-state index in [4.69, 9.17) is 9.26 Å². The minimum atomic E-state index is -4.52. The van der Waals surface area contributed by atoms with Crippen LogP contribution in [0.4, 0.5) is 23.2 Å². The molecule has 0 radical (unpaired) electrons. The van der Waals surface area contributed by atoms with Crippen LogP contribution in [0.15, 0.2) is 40.9 Å². The molecule has 1 aliphatic rings. The third-order valence-electron chi connectivity index (χ3n) is 5.08. The summed E-state index contributed by atoms with van der Waals surface area (Å²) in [5.74, 6) is -0.474. The predicted octanol–water partition coefficient (Wildman–Crippen LogP) is 5.56. The Hall–Kier alpha value is -3.10. The second kappa shape index (κ2) is 7.97. The minimum absolute atomic E-state index is 0.00379. The largest absolute Gasteiger partial charge is 0.494 e. The van der Waals surface area contributed by atoms with Crippen molar-refractivity contribution in [1.29, 1.82) is 0 Å². The van der Waals surface area contributed by atoms with Gasteiger partial charge in [0.1, 0.15) is 0 Å². The van der Waals surface area contributed by atoms with Crippen molar-refractivity contribution in [2.75, 3.05) is 25.1 Å². The maximum Gasteiger partial charge on any atom is 0.418 e. The van der Waals surface area contributed by atoms with E-state index >= 15 is 0 Å². The van der Waals surface area contributed by atoms with Gasteiger partial charge in [0.15, 0.2) is 11.6 Å². The molecule has 1 saturated heterocycles.